The Morgan fingerprint density at radius 1 is 1.59 bits per heavy atom. The molecule has 1 atom stereocenters. The number of carboxylic acids is 1. The van der Waals surface area contributed by atoms with E-state index in [0.717, 1.165) is 6.07 Å². The molecule has 0 aromatic carbocycles. The maximum atomic E-state index is 11.7. The third kappa shape index (κ3) is 3.29. The molecule has 0 aliphatic rings. The summed E-state index contributed by atoms with van der Waals surface area (Å²) in [7, 11) is -2.34. The van der Waals surface area contributed by atoms with Gasteiger partial charge in [-0.25, -0.2) is 17.9 Å². The zero-order valence-electron chi connectivity index (χ0n) is 9.41. The quantitative estimate of drug-likeness (QED) is 0.655. The first kappa shape index (κ1) is 13.7. The summed E-state index contributed by atoms with van der Waals surface area (Å²) in [4.78, 5) is 10.6. The third-order valence-electron chi connectivity index (χ3n) is 2.08. The topological polar surface area (TPSA) is 109 Å². The van der Waals surface area contributed by atoms with Crippen LogP contribution in [0.25, 0.3) is 0 Å². The van der Waals surface area contributed by atoms with Gasteiger partial charge in [-0.2, -0.15) is 0 Å². The van der Waals surface area contributed by atoms with Crippen LogP contribution in [0.3, 0.4) is 0 Å². The van der Waals surface area contributed by atoms with Crippen molar-refractivity contribution in [3.8, 4) is 0 Å². The molecule has 0 radical (unpaired) electrons. The molecule has 3 N–H and O–H groups in total. The van der Waals surface area contributed by atoms with Crippen LogP contribution in [-0.2, 0) is 17.1 Å². The maximum absolute atomic E-state index is 11.7. The van der Waals surface area contributed by atoms with Gasteiger partial charge in [-0.1, -0.05) is 0 Å². The molecule has 0 fully saturated rings. The number of sulfonamides is 1. The minimum atomic E-state index is -3.78. The van der Waals surface area contributed by atoms with E-state index in [2.05, 4.69) is 4.72 Å². The number of nitrogens with one attached hydrogen (secondary N) is 1. The summed E-state index contributed by atoms with van der Waals surface area (Å²) in [6.07, 6.45) is 0.390. The number of hydrogen-bond donors (Lipinski definition) is 3. The molecule has 0 unspecified atom stereocenters. The van der Waals surface area contributed by atoms with Crippen molar-refractivity contribution >= 4 is 16.0 Å². The summed E-state index contributed by atoms with van der Waals surface area (Å²) in [6, 6.07) is 1.06. The summed E-state index contributed by atoms with van der Waals surface area (Å²) in [5.74, 6) is -1.20. The number of hydrogen-bond acceptors (Lipinski definition) is 4. The van der Waals surface area contributed by atoms with Crippen LogP contribution in [0, 0.1) is 0 Å². The van der Waals surface area contributed by atoms with Crippen molar-refractivity contribution < 1.29 is 23.4 Å². The van der Waals surface area contributed by atoms with Gasteiger partial charge in [-0.05, 0) is 13.0 Å². The standard InChI is InChI=1S/C9H14N2O5S/c1-6(12)4-10-17(15,16)7-3-8(9(13)14)11(2)5-7/h3,5-6,10,12H,4H2,1-2H3,(H,13,14)/t6-/m1/s1. The Kier molecular flexibility index (Phi) is 3.91. The van der Waals surface area contributed by atoms with Gasteiger partial charge in [-0.3, -0.25) is 0 Å². The van der Waals surface area contributed by atoms with E-state index in [-0.39, 0.29) is 17.1 Å². The third-order valence-corrected chi connectivity index (χ3v) is 3.47. The zero-order chi connectivity index (χ0) is 13.2. The molecule has 1 aromatic heterocycles. The van der Waals surface area contributed by atoms with Gasteiger partial charge in [0.15, 0.2) is 0 Å². The van der Waals surface area contributed by atoms with Crippen LogP contribution >= 0.6 is 0 Å². The highest BCUT2D eigenvalue weighted by atomic mass is 32.2. The molecule has 1 rings (SSSR count). The Labute approximate surface area is 98.7 Å². The fourth-order valence-electron chi connectivity index (χ4n) is 1.21. The van der Waals surface area contributed by atoms with Gasteiger partial charge in [0.2, 0.25) is 10.0 Å². The second-order valence-electron chi connectivity index (χ2n) is 3.68. The van der Waals surface area contributed by atoms with E-state index < -0.39 is 22.1 Å². The largest absolute Gasteiger partial charge is 0.477 e. The first-order chi connectivity index (χ1) is 7.74. The molecule has 96 valence electrons. The molecule has 0 saturated heterocycles. The SMILES string of the molecule is C[C@@H](O)CNS(=O)(=O)c1cc(C(=O)O)n(C)c1. The van der Waals surface area contributed by atoms with E-state index in [4.69, 9.17) is 10.2 Å². The van der Waals surface area contributed by atoms with Crippen LogP contribution in [0.4, 0.5) is 0 Å². The van der Waals surface area contributed by atoms with Crippen LogP contribution in [0.1, 0.15) is 17.4 Å². The van der Waals surface area contributed by atoms with Gasteiger partial charge in [0.1, 0.15) is 10.6 Å². The van der Waals surface area contributed by atoms with Crippen molar-refractivity contribution in [1.29, 1.82) is 0 Å². The summed E-state index contributed by atoms with van der Waals surface area (Å²) in [6.45, 7) is 1.32. The molecule has 7 nitrogen and oxygen atoms in total. The number of aromatic carboxylic acids is 1. The monoisotopic (exact) mass is 262 g/mol. The number of aliphatic hydroxyl groups excluding tert-OH is 1. The van der Waals surface area contributed by atoms with Gasteiger partial charge in [-0.15, -0.1) is 0 Å². The average Bonchev–Trinajstić information content (AvgIpc) is 2.58. The highest BCUT2D eigenvalue weighted by Gasteiger charge is 2.20. The Balaban J connectivity index is 3.00. The fourth-order valence-corrected chi connectivity index (χ4v) is 2.40. The van der Waals surface area contributed by atoms with Crippen molar-refractivity contribution in [2.24, 2.45) is 7.05 Å². The molecule has 1 aromatic rings. The number of rotatable bonds is 5. The first-order valence-electron chi connectivity index (χ1n) is 4.81. The predicted octanol–water partition coefficient (Wildman–Crippen LogP) is -0.618. The molecular formula is C9H14N2O5S. The molecule has 1 heterocycles. The number of nitrogens with zero attached hydrogens (tertiary/aromatic N) is 1. The second-order valence-corrected chi connectivity index (χ2v) is 5.44. The number of carbonyl (C=O) groups is 1. The van der Waals surface area contributed by atoms with E-state index in [0.29, 0.717) is 0 Å². The molecule has 0 spiro atoms. The van der Waals surface area contributed by atoms with Gasteiger partial charge in [0, 0.05) is 19.8 Å². The van der Waals surface area contributed by atoms with E-state index >= 15 is 0 Å². The fraction of sp³-hybridized carbons (Fsp3) is 0.444. The lowest BCUT2D eigenvalue weighted by Crippen LogP contribution is -2.30. The Bertz CT molecular complexity index is 517. The normalized spacial score (nSPS) is 13.6. The van der Waals surface area contributed by atoms with Crippen LogP contribution in [-0.4, -0.2) is 41.8 Å². The molecule has 0 saturated carbocycles. The molecule has 0 amide bonds. The summed E-state index contributed by atoms with van der Waals surface area (Å²) in [5, 5.41) is 17.8. The molecule has 17 heavy (non-hydrogen) atoms. The molecular weight excluding hydrogens is 248 g/mol. The van der Waals surface area contributed by atoms with Crippen molar-refractivity contribution in [2.75, 3.05) is 6.54 Å². The smallest absolute Gasteiger partial charge is 0.352 e. The molecule has 0 aliphatic carbocycles. The average molecular weight is 262 g/mol. The minimum Gasteiger partial charge on any atom is -0.477 e. The first-order valence-corrected chi connectivity index (χ1v) is 6.29. The number of aromatic nitrogens is 1. The van der Waals surface area contributed by atoms with Crippen molar-refractivity contribution in [2.45, 2.75) is 17.9 Å². The van der Waals surface area contributed by atoms with Crippen LogP contribution in [0.5, 0.6) is 0 Å². The van der Waals surface area contributed by atoms with Gasteiger partial charge in [0.05, 0.1) is 6.10 Å². The zero-order valence-corrected chi connectivity index (χ0v) is 10.2. The Morgan fingerprint density at radius 3 is 2.59 bits per heavy atom. The molecule has 0 aliphatic heterocycles. The number of aryl methyl sites for hydroxylation is 1. The van der Waals surface area contributed by atoms with E-state index in [1.165, 1.54) is 24.7 Å². The highest BCUT2D eigenvalue weighted by Crippen LogP contribution is 2.13. The van der Waals surface area contributed by atoms with E-state index in [1.54, 1.807) is 0 Å². The lowest BCUT2D eigenvalue weighted by atomic mass is 10.4. The van der Waals surface area contributed by atoms with Gasteiger partial charge >= 0.3 is 5.97 Å². The summed E-state index contributed by atoms with van der Waals surface area (Å²) in [5.41, 5.74) is -0.123. The van der Waals surface area contributed by atoms with Crippen LogP contribution < -0.4 is 4.72 Å². The van der Waals surface area contributed by atoms with Gasteiger partial charge in [0.25, 0.3) is 0 Å². The van der Waals surface area contributed by atoms with E-state index in [9.17, 15) is 13.2 Å². The lowest BCUT2D eigenvalue weighted by Gasteiger charge is -2.06. The van der Waals surface area contributed by atoms with Crippen molar-refractivity contribution in [3.63, 3.8) is 0 Å². The molecule has 8 heteroatoms. The maximum Gasteiger partial charge on any atom is 0.352 e. The molecule has 0 bridgehead atoms. The minimum absolute atomic E-state index is 0.123. The highest BCUT2D eigenvalue weighted by molar-refractivity contribution is 7.89. The number of carboxylic acid groups (broad SMARTS) is 1. The summed E-state index contributed by atoms with van der Waals surface area (Å²) < 4.78 is 26.8. The Hall–Kier alpha value is -1.38. The van der Waals surface area contributed by atoms with Crippen LogP contribution in [0.2, 0.25) is 0 Å². The van der Waals surface area contributed by atoms with Crippen molar-refractivity contribution in [3.05, 3.63) is 18.0 Å². The van der Waals surface area contributed by atoms with Crippen molar-refractivity contribution in [1.82, 2.24) is 9.29 Å². The van der Waals surface area contributed by atoms with Crippen LogP contribution in [0.15, 0.2) is 17.2 Å². The lowest BCUT2D eigenvalue weighted by molar-refractivity contribution is 0.0686. The summed E-state index contributed by atoms with van der Waals surface area (Å²) >= 11 is 0. The number of aliphatic hydroxyl groups is 1. The predicted molar refractivity (Wildman–Crippen MR) is 59.2 cm³/mol. The van der Waals surface area contributed by atoms with Gasteiger partial charge < -0.3 is 14.8 Å². The van der Waals surface area contributed by atoms with E-state index in [1.807, 2.05) is 0 Å². The second kappa shape index (κ2) is 4.86. The Morgan fingerprint density at radius 2 is 2.18 bits per heavy atom.